The van der Waals surface area contributed by atoms with Crippen molar-refractivity contribution in [2.24, 2.45) is 0 Å². The Balaban J connectivity index is 1.18. The number of carbonyl (C=O) groups excluding carboxylic acids is 1. The second-order valence-corrected chi connectivity index (χ2v) is 9.89. The first-order chi connectivity index (χ1) is 15.6. The third-order valence-corrected chi connectivity index (χ3v) is 7.67. The van der Waals surface area contributed by atoms with Gasteiger partial charge in [-0.15, -0.1) is 0 Å². The van der Waals surface area contributed by atoms with Crippen LogP contribution in [0.3, 0.4) is 0 Å². The Hall–Kier alpha value is -2.90. The van der Waals surface area contributed by atoms with Gasteiger partial charge in [-0.25, -0.2) is 4.98 Å². The average Bonchev–Trinajstić information content (AvgIpc) is 3.42. The molecule has 2 fully saturated rings. The maximum Gasteiger partial charge on any atom is 0.279 e. The first-order valence-electron chi connectivity index (χ1n) is 11.2. The van der Waals surface area contributed by atoms with Gasteiger partial charge in [-0.1, -0.05) is 23.5 Å². The van der Waals surface area contributed by atoms with Crippen LogP contribution >= 0.6 is 11.3 Å². The highest BCUT2D eigenvalue weighted by Crippen LogP contribution is 2.39. The van der Waals surface area contributed by atoms with Gasteiger partial charge in [0.15, 0.2) is 0 Å². The molecule has 4 heterocycles. The Kier molecular flexibility index (Phi) is 4.88. The molecule has 7 heteroatoms. The zero-order valence-corrected chi connectivity index (χ0v) is 18.7. The van der Waals surface area contributed by atoms with Gasteiger partial charge in [0.05, 0.1) is 16.5 Å². The molecule has 1 amide bonds. The van der Waals surface area contributed by atoms with E-state index in [0.29, 0.717) is 23.3 Å². The maximum absolute atomic E-state index is 11.5. The number of nitrogens with one attached hydrogen (secondary N) is 1. The molecule has 1 unspecified atom stereocenters. The van der Waals surface area contributed by atoms with Crippen molar-refractivity contribution in [2.75, 3.05) is 0 Å². The number of carbonyl (C=O) groups is 1. The summed E-state index contributed by atoms with van der Waals surface area (Å²) in [6.45, 7) is 2.49. The van der Waals surface area contributed by atoms with Crippen molar-refractivity contribution in [1.29, 1.82) is 0 Å². The Morgan fingerprint density at radius 2 is 2.03 bits per heavy atom. The molecule has 2 aromatic heterocycles. The van der Waals surface area contributed by atoms with Crippen LogP contribution in [0.2, 0.25) is 0 Å². The van der Waals surface area contributed by atoms with E-state index in [0.717, 1.165) is 46.3 Å². The number of amides is 1. The molecule has 2 aliphatic rings. The number of hydrogen-bond donors (Lipinski definition) is 1. The molecular weight excluding hydrogens is 422 g/mol. The Bertz CT molecular complexity index is 1250. The molecule has 2 saturated heterocycles. The predicted octanol–water partition coefficient (Wildman–Crippen LogP) is 5.47. The number of para-hydroxylation sites is 1. The van der Waals surface area contributed by atoms with Crippen LogP contribution in [0.25, 0.3) is 21.2 Å². The van der Waals surface area contributed by atoms with E-state index in [4.69, 9.17) is 9.15 Å². The molecule has 0 spiro atoms. The largest absolute Gasteiger partial charge is 0.464 e. The van der Waals surface area contributed by atoms with Gasteiger partial charge in [0.1, 0.15) is 11.3 Å². The molecule has 2 aliphatic heterocycles. The molecule has 2 bridgehead atoms. The number of nitrogens with zero attached hydrogens (tertiary/aromatic N) is 2. The number of benzene rings is 2. The van der Waals surface area contributed by atoms with Gasteiger partial charge in [-0.2, -0.15) is 0 Å². The van der Waals surface area contributed by atoms with Crippen LogP contribution in [0.5, 0.6) is 10.9 Å². The first kappa shape index (κ1) is 19.8. The third kappa shape index (κ3) is 3.65. The summed E-state index contributed by atoms with van der Waals surface area (Å²) in [5.74, 6) is 0.807. The number of furan rings is 1. The standard InChI is InChI=1S/C25H25N3O3S/c1-15(29)26-17-10-18-6-7-19(11-17)28(18)13-16-14-30-23-12-20(8-9-21(16)23)31-25-27-22-4-2-3-5-24(22)32-25/h2-5,8-9,12,14,17-19H,6-7,10-11,13H2,1H3,(H,26,29)/t17?,18-,19+. The molecule has 6 rings (SSSR count). The summed E-state index contributed by atoms with van der Waals surface area (Å²) in [5, 5.41) is 4.89. The van der Waals surface area contributed by atoms with Crippen LogP contribution in [-0.4, -0.2) is 33.9 Å². The van der Waals surface area contributed by atoms with Crippen molar-refractivity contribution in [3.05, 3.63) is 54.3 Å². The molecule has 1 N–H and O–H groups in total. The van der Waals surface area contributed by atoms with E-state index in [2.05, 4.69) is 21.3 Å². The fraction of sp³-hybridized carbons (Fsp3) is 0.360. The number of hydrogen-bond acceptors (Lipinski definition) is 6. The molecule has 6 nitrogen and oxygen atoms in total. The minimum Gasteiger partial charge on any atom is -0.464 e. The Morgan fingerprint density at radius 3 is 2.81 bits per heavy atom. The Labute approximate surface area is 190 Å². The summed E-state index contributed by atoms with van der Waals surface area (Å²) in [6, 6.07) is 15.4. The monoisotopic (exact) mass is 447 g/mol. The molecule has 2 aromatic carbocycles. The van der Waals surface area contributed by atoms with Crippen LogP contribution in [0.4, 0.5) is 0 Å². The van der Waals surface area contributed by atoms with Crippen molar-refractivity contribution in [1.82, 2.24) is 15.2 Å². The molecule has 0 aliphatic carbocycles. The van der Waals surface area contributed by atoms with Gasteiger partial charge in [0.25, 0.3) is 5.19 Å². The molecule has 0 saturated carbocycles. The van der Waals surface area contributed by atoms with Crippen LogP contribution in [0, 0.1) is 0 Å². The molecule has 164 valence electrons. The first-order valence-corrected chi connectivity index (χ1v) is 12.0. The van der Waals surface area contributed by atoms with Crippen molar-refractivity contribution in [2.45, 2.75) is 57.3 Å². The van der Waals surface area contributed by atoms with E-state index >= 15 is 0 Å². The lowest BCUT2D eigenvalue weighted by atomic mass is 9.96. The summed E-state index contributed by atoms with van der Waals surface area (Å²) in [5.41, 5.74) is 2.99. The molecule has 32 heavy (non-hydrogen) atoms. The van der Waals surface area contributed by atoms with E-state index in [9.17, 15) is 4.79 Å². The fourth-order valence-electron chi connectivity index (χ4n) is 5.38. The van der Waals surface area contributed by atoms with Crippen molar-refractivity contribution in [3.63, 3.8) is 0 Å². The van der Waals surface area contributed by atoms with E-state index in [1.165, 1.54) is 18.4 Å². The highest BCUT2D eigenvalue weighted by molar-refractivity contribution is 7.20. The van der Waals surface area contributed by atoms with Crippen LogP contribution in [0.15, 0.2) is 53.1 Å². The molecular formula is C25H25N3O3S. The molecule has 3 atom stereocenters. The topological polar surface area (TPSA) is 67.6 Å². The van der Waals surface area contributed by atoms with E-state index in [1.807, 2.05) is 42.7 Å². The van der Waals surface area contributed by atoms with Gasteiger partial charge in [0.2, 0.25) is 5.91 Å². The maximum atomic E-state index is 11.5. The predicted molar refractivity (Wildman–Crippen MR) is 125 cm³/mol. The summed E-state index contributed by atoms with van der Waals surface area (Å²) >= 11 is 1.54. The van der Waals surface area contributed by atoms with Crippen molar-refractivity contribution < 1.29 is 13.9 Å². The number of piperidine rings is 1. The summed E-state index contributed by atoms with van der Waals surface area (Å²) in [4.78, 5) is 18.6. The third-order valence-electron chi connectivity index (χ3n) is 6.75. The van der Waals surface area contributed by atoms with E-state index in [-0.39, 0.29) is 5.91 Å². The van der Waals surface area contributed by atoms with E-state index < -0.39 is 0 Å². The smallest absolute Gasteiger partial charge is 0.279 e. The SMILES string of the molecule is CC(=O)NC1C[C@H]2CC[C@@H](C1)N2Cc1coc2cc(Oc3nc4ccccc4s3)ccc12. The number of ether oxygens (including phenoxy) is 1. The van der Waals surface area contributed by atoms with Gasteiger partial charge in [-0.3, -0.25) is 9.69 Å². The second-order valence-electron chi connectivity index (χ2n) is 8.89. The zero-order valence-electron chi connectivity index (χ0n) is 17.9. The van der Waals surface area contributed by atoms with Crippen LogP contribution in [0.1, 0.15) is 38.2 Å². The normalized spacial score (nSPS) is 23.1. The highest BCUT2D eigenvalue weighted by atomic mass is 32.1. The summed E-state index contributed by atoms with van der Waals surface area (Å²) in [7, 11) is 0. The average molecular weight is 448 g/mol. The van der Waals surface area contributed by atoms with Crippen LogP contribution in [-0.2, 0) is 11.3 Å². The van der Waals surface area contributed by atoms with Gasteiger partial charge in [0, 0.05) is 48.6 Å². The van der Waals surface area contributed by atoms with Gasteiger partial charge >= 0.3 is 0 Å². The van der Waals surface area contributed by atoms with Gasteiger partial charge < -0.3 is 14.5 Å². The zero-order chi connectivity index (χ0) is 21.7. The number of fused-ring (bicyclic) bond motifs is 4. The number of aromatic nitrogens is 1. The summed E-state index contributed by atoms with van der Waals surface area (Å²) < 4.78 is 13.0. The number of thiazole rings is 1. The molecule has 0 radical (unpaired) electrons. The van der Waals surface area contributed by atoms with Crippen LogP contribution < -0.4 is 10.1 Å². The lowest BCUT2D eigenvalue weighted by Crippen LogP contribution is -2.49. The summed E-state index contributed by atoms with van der Waals surface area (Å²) in [6.07, 6.45) is 6.36. The lowest BCUT2D eigenvalue weighted by molar-refractivity contribution is -0.120. The van der Waals surface area contributed by atoms with E-state index in [1.54, 1.807) is 18.3 Å². The highest BCUT2D eigenvalue weighted by Gasteiger charge is 2.41. The molecule has 4 aromatic rings. The minimum atomic E-state index is 0.0764. The van der Waals surface area contributed by atoms with Crippen molar-refractivity contribution >= 4 is 38.4 Å². The minimum absolute atomic E-state index is 0.0764. The second kappa shape index (κ2) is 7.90. The number of rotatable bonds is 5. The van der Waals surface area contributed by atoms with Gasteiger partial charge in [-0.05, 0) is 49.9 Å². The lowest BCUT2D eigenvalue weighted by Gasteiger charge is -2.39. The quantitative estimate of drug-likeness (QED) is 0.440. The Morgan fingerprint density at radius 1 is 1.22 bits per heavy atom. The fourth-order valence-corrected chi connectivity index (χ4v) is 6.21. The van der Waals surface area contributed by atoms with Crippen molar-refractivity contribution in [3.8, 4) is 10.9 Å².